The molecule has 0 fully saturated rings. The molecule has 1 aromatic carbocycles. The second-order valence-corrected chi connectivity index (χ2v) is 7.16. The first-order valence-electron chi connectivity index (χ1n) is 6.38. The molecule has 1 heterocycles. The minimum atomic E-state index is -3.88. The van der Waals surface area contributed by atoms with Gasteiger partial charge in [-0.1, -0.05) is 6.07 Å². The van der Waals surface area contributed by atoms with Gasteiger partial charge in [-0.25, -0.2) is 18.1 Å². The van der Waals surface area contributed by atoms with E-state index in [0.29, 0.717) is 17.9 Å². The number of halogens is 1. The summed E-state index contributed by atoms with van der Waals surface area (Å²) in [4.78, 5) is 4.06. The lowest BCUT2D eigenvalue weighted by Gasteiger charge is -2.13. The van der Waals surface area contributed by atoms with Crippen LogP contribution in [0.3, 0.4) is 0 Å². The van der Waals surface area contributed by atoms with Crippen molar-refractivity contribution in [2.45, 2.75) is 38.8 Å². The molecule has 114 valence electrons. The van der Waals surface area contributed by atoms with Crippen LogP contribution in [-0.2, 0) is 22.2 Å². The summed E-state index contributed by atoms with van der Waals surface area (Å²) in [6.07, 6.45) is 1.43. The molecule has 0 spiro atoms. The van der Waals surface area contributed by atoms with Crippen molar-refractivity contribution in [2.75, 3.05) is 0 Å². The second kappa shape index (κ2) is 6.03. The van der Waals surface area contributed by atoms with Gasteiger partial charge in [0.2, 0.25) is 0 Å². The molecular formula is C13H16ClN3O3S. The van der Waals surface area contributed by atoms with Gasteiger partial charge in [0.1, 0.15) is 23.6 Å². The molecule has 0 saturated heterocycles. The summed E-state index contributed by atoms with van der Waals surface area (Å²) in [5, 5.41) is 4.04. The van der Waals surface area contributed by atoms with Gasteiger partial charge >= 0.3 is 0 Å². The number of rotatable bonds is 5. The maximum Gasteiger partial charge on any atom is 0.265 e. The SMILES string of the molecule is CCn1ncnc1COc1c(C)cc(C)cc1S(=O)(=O)Cl. The fourth-order valence-corrected chi connectivity index (χ4v) is 3.19. The maximum absolute atomic E-state index is 11.7. The molecule has 2 aromatic rings. The Labute approximate surface area is 128 Å². The van der Waals surface area contributed by atoms with Gasteiger partial charge in [-0.2, -0.15) is 5.10 Å². The molecule has 0 aliphatic heterocycles. The van der Waals surface area contributed by atoms with Crippen LogP contribution in [0.15, 0.2) is 23.4 Å². The summed E-state index contributed by atoms with van der Waals surface area (Å²) in [6, 6.07) is 3.33. The molecule has 0 aliphatic rings. The van der Waals surface area contributed by atoms with E-state index in [1.165, 1.54) is 12.4 Å². The summed E-state index contributed by atoms with van der Waals surface area (Å²) in [6.45, 7) is 6.29. The first kappa shape index (κ1) is 15.8. The molecule has 2 rings (SSSR count). The van der Waals surface area contributed by atoms with Crippen molar-refractivity contribution in [3.63, 3.8) is 0 Å². The Morgan fingerprint density at radius 3 is 2.67 bits per heavy atom. The second-order valence-electron chi connectivity index (χ2n) is 4.63. The quantitative estimate of drug-likeness (QED) is 0.787. The Kier molecular flexibility index (Phi) is 4.53. The van der Waals surface area contributed by atoms with E-state index in [9.17, 15) is 8.42 Å². The molecule has 0 bridgehead atoms. The fraction of sp³-hybridized carbons (Fsp3) is 0.385. The third-order valence-electron chi connectivity index (χ3n) is 2.99. The number of benzene rings is 1. The van der Waals surface area contributed by atoms with E-state index < -0.39 is 9.05 Å². The van der Waals surface area contributed by atoms with Crippen molar-refractivity contribution in [1.82, 2.24) is 14.8 Å². The monoisotopic (exact) mass is 329 g/mol. The number of hydrogen-bond acceptors (Lipinski definition) is 5. The Morgan fingerprint density at radius 1 is 1.33 bits per heavy atom. The fourth-order valence-electron chi connectivity index (χ4n) is 2.08. The van der Waals surface area contributed by atoms with Crippen LogP contribution in [0.2, 0.25) is 0 Å². The summed E-state index contributed by atoms with van der Waals surface area (Å²) < 4.78 is 30.7. The van der Waals surface area contributed by atoms with E-state index in [4.69, 9.17) is 15.4 Å². The first-order valence-corrected chi connectivity index (χ1v) is 8.69. The van der Waals surface area contributed by atoms with Crippen molar-refractivity contribution < 1.29 is 13.2 Å². The van der Waals surface area contributed by atoms with E-state index >= 15 is 0 Å². The zero-order valence-corrected chi connectivity index (χ0v) is 13.6. The summed E-state index contributed by atoms with van der Waals surface area (Å²) in [5.74, 6) is 0.872. The van der Waals surface area contributed by atoms with Crippen LogP contribution in [0.25, 0.3) is 0 Å². The highest BCUT2D eigenvalue weighted by Gasteiger charge is 2.20. The number of hydrogen-bond donors (Lipinski definition) is 0. The van der Waals surface area contributed by atoms with Gasteiger partial charge in [-0.3, -0.25) is 0 Å². The van der Waals surface area contributed by atoms with Crippen LogP contribution >= 0.6 is 10.7 Å². The van der Waals surface area contributed by atoms with Crippen LogP contribution in [0.5, 0.6) is 5.75 Å². The van der Waals surface area contributed by atoms with Crippen LogP contribution in [-0.4, -0.2) is 23.2 Å². The van der Waals surface area contributed by atoms with Crippen LogP contribution in [0.1, 0.15) is 23.9 Å². The predicted molar refractivity (Wildman–Crippen MR) is 79.0 cm³/mol. The number of aryl methyl sites for hydroxylation is 3. The predicted octanol–water partition coefficient (Wildman–Crippen LogP) is 2.42. The average molecular weight is 330 g/mol. The molecule has 1 aromatic heterocycles. The van der Waals surface area contributed by atoms with Crippen molar-refractivity contribution in [2.24, 2.45) is 0 Å². The highest BCUT2D eigenvalue weighted by molar-refractivity contribution is 8.13. The molecular weight excluding hydrogens is 314 g/mol. The smallest absolute Gasteiger partial charge is 0.265 e. The minimum Gasteiger partial charge on any atom is -0.484 e. The van der Waals surface area contributed by atoms with Gasteiger partial charge < -0.3 is 4.74 Å². The van der Waals surface area contributed by atoms with E-state index in [2.05, 4.69) is 10.1 Å². The van der Waals surface area contributed by atoms with E-state index in [-0.39, 0.29) is 17.3 Å². The maximum atomic E-state index is 11.7. The van der Waals surface area contributed by atoms with Crippen LogP contribution in [0, 0.1) is 13.8 Å². The third kappa shape index (κ3) is 3.54. The highest BCUT2D eigenvalue weighted by Crippen LogP contribution is 2.32. The van der Waals surface area contributed by atoms with Crippen LogP contribution in [0.4, 0.5) is 0 Å². The summed E-state index contributed by atoms with van der Waals surface area (Å²) in [7, 11) is 1.61. The molecule has 0 atom stereocenters. The number of nitrogens with zero attached hydrogens (tertiary/aromatic N) is 3. The zero-order chi connectivity index (χ0) is 15.6. The molecule has 0 amide bonds. The first-order chi connectivity index (χ1) is 9.82. The molecule has 0 unspecified atom stereocenters. The van der Waals surface area contributed by atoms with Gasteiger partial charge in [-0.15, -0.1) is 0 Å². The van der Waals surface area contributed by atoms with Crippen molar-refractivity contribution >= 4 is 19.7 Å². The van der Waals surface area contributed by atoms with Crippen molar-refractivity contribution in [3.8, 4) is 5.75 Å². The highest BCUT2D eigenvalue weighted by atomic mass is 35.7. The molecule has 0 radical (unpaired) electrons. The average Bonchev–Trinajstić information content (AvgIpc) is 2.83. The zero-order valence-electron chi connectivity index (χ0n) is 12.0. The number of aromatic nitrogens is 3. The standard InChI is InChI=1S/C13H16ClN3O3S/c1-4-17-12(15-8-16-17)7-20-13-10(3)5-9(2)6-11(13)21(14,18)19/h5-6,8H,4,7H2,1-3H3. The molecule has 21 heavy (non-hydrogen) atoms. The molecule has 8 heteroatoms. The van der Waals surface area contributed by atoms with Crippen LogP contribution < -0.4 is 4.74 Å². The lowest BCUT2D eigenvalue weighted by Crippen LogP contribution is -2.09. The third-order valence-corrected chi connectivity index (χ3v) is 4.32. The van der Waals surface area contributed by atoms with Gasteiger partial charge in [0.15, 0.2) is 5.82 Å². The van der Waals surface area contributed by atoms with Gasteiger partial charge in [0, 0.05) is 17.2 Å². The van der Waals surface area contributed by atoms with E-state index in [1.54, 1.807) is 18.5 Å². The minimum absolute atomic E-state index is 0.0239. The number of ether oxygens (including phenoxy) is 1. The normalized spacial score (nSPS) is 11.6. The van der Waals surface area contributed by atoms with Crippen molar-refractivity contribution in [1.29, 1.82) is 0 Å². The Morgan fingerprint density at radius 2 is 2.05 bits per heavy atom. The lowest BCUT2D eigenvalue weighted by molar-refractivity contribution is 0.278. The molecule has 6 nitrogen and oxygen atoms in total. The largest absolute Gasteiger partial charge is 0.484 e. The van der Waals surface area contributed by atoms with E-state index in [1.807, 2.05) is 13.0 Å². The van der Waals surface area contributed by atoms with Gasteiger partial charge in [0.05, 0.1) is 0 Å². The Bertz CT molecular complexity index is 756. The van der Waals surface area contributed by atoms with Gasteiger partial charge in [0.25, 0.3) is 9.05 Å². The summed E-state index contributed by atoms with van der Waals surface area (Å²) in [5.41, 5.74) is 1.51. The van der Waals surface area contributed by atoms with Crippen molar-refractivity contribution in [3.05, 3.63) is 35.4 Å². The topological polar surface area (TPSA) is 74.1 Å². The Hall–Kier alpha value is -1.60. The summed E-state index contributed by atoms with van der Waals surface area (Å²) >= 11 is 0. The van der Waals surface area contributed by atoms with E-state index in [0.717, 1.165) is 5.56 Å². The van der Waals surface area contributed by atoms with Gasteiger partial charge in [-0.05, 0) is 38.0 Å². The molecule has 0 saturated carbocycles. The Balaban J connectivity index is 2.36. The molecule has 0 N–H and O–H groups in total. The molecule has 0 aliphatic carbocycles. The lowest BCUT2D eigenvalue weighted by atomic mass is 10.1.